The molecule has 7 rings (SSSR count). The molecule has 1 aliphatic heterocycles. The van der Waals surface area contributed by atoms with Crippen LogP contribution >= 0.6 is 0 Å². The number of ether oxygens (including phenoxy) is 1. The molecule has 3 aliphatic rings. The Labute approximate surface area is 301 Å². The number of anilines is 2. The summed E-state index contributed by atoms with van der Waals surface area (Å²) in [6, 6.07) is 13.7. The fraction of sp³-hybridized carbons (Fsp3) is 0.462. The van der Waals surface area contributed by atoms with Crippen LogP contribution in [-0.4, -0.2) is 64.9 Å². The van der Waals surface area contributed by atoms with Gasteiger partial charge >= 0.3 is 0 Å². The number of amides is 1. The third kappa shape index (κ3) is 7.28. The van der Waals surface area contributed by atoms with Gasteiger partial charge in [0.05, 0.1) is 41.3 Å². The minimum absolute atomic E-state index is 0.0726. The molecule has 2 aromatic heterocycles. The number of rotatable bonds is 6. The second-order valence-electron chi connectivity index (χ2n) is 15.9. The van der Waals surface area contributed by atoms with Crippen LogP contribution < -0.4 is 14.4 Å². The molecule has 0 unspecified atom stereocenters. The van der Waals surface area contributed by atoms with Gasteiger partial charge in [0.25, 0.3) is 15.9 Å². The van der Waals surface area contributed by atoms with E-state index in [0.29, 0.717) is 29.3 Å². The molecular weight excluding hydrogens is 663 g/mol. The summed E-state index contributed by atoms with van der Waals surface area (Å²) in [6.45, 7) is 10.6. The normalized spacial score (nSPS) is 19.8. The summed E-state index contributed by atoms with van der Waals surface area (Å²) in [6.07, 6.45) is 10.4. The number of sulfonamides is 1. The molecule has 12 heteroatoms. The largest absolute Gasteiger partial charge is 0.475 e. The highest BCUT2D eigenvalue weighted by atomic mass is 32.2. The number of carbonyl (C=O) groups excluding carboxylic acids is 1. The minimum Gasteiger partial charge on any atom is -0.475 e. The first kappa shape index (κ1) is 34.9. The summed E-state index contributed by atoms with van der Waals surface area (Å²) in [5.74, 6) is 0.534. The smallest absolute Gasteiger partial charge is 0.264 e. The van der Waals surface area contributed by atoms with Crippen molar-refractivity contribution in [2.24, 2.45) is 10.8 Å². The Morgan fingerprint density at radius 3 is 2.41 bits per heavy atom. The molecule has 1 amide bonds. The van der Waals surface area contributed by atoms with Crippen molar-refractivity contribution in [3.05, 3.63) is 83.3 Å². The van der Waals surface area contributed by atoms with Gasteiger partial charge in [0, 0.05) is 30.3 Å². The molecule has 268 valence electrons. The number of fused-ring (bicyclic) bond motifs is 4. The molecule has 1 atom stereocenters. The van der Waals surface area contributed by atoms with E-state index >= 15 is 0 Å². The first-order valence-corrected chi connectivity index (χ1v) is 19.2. The number of carbonyl (C=O) groups is 1. The zero-order valence-electron chi connectivity index (χ0n) is 30.3. The Bertz CT molecular complexity index is 2050. The molecule has 4 aromatic rings. The number of hydrogen-bond acceptors (Lipinski definition) is 9. The predicted octanol–water partition coefficient (Wildman–Crippen LogP) is 6.96. The van der Waals surface area contributed by atoms with Crippen molar-refractivity contribution in [1.29, 1.82) is 0 Å². The number of nitrogens with zero attached hydrogens (tertiary/aromatic N) is 6. The fourth-order valence-electron chi connectivity index (χ4n) is 7.85. The molecule has 11 nitrogen and oxygen atoms in total. The van der Waals surface area contributed by atoms with Crippen molar-refractivity contribution >= 4 is 27.7 Å². The van der Waals surface area contributed by atoms with Gasteiger partial charge in [-0.3, -0.25) is 9.78 Å². The molecule has 1 N–H and O–H groups in total. The third-order valence-electron chi connectivity index (χ3n) is 10.7. The van der Waals surface area contributed by atoms with Crippen molar-refractivity contribution < 1.29 is 17.9 Å². The van der Waals surface area contributed by atoms with Gasteiger partial charge in [-0.2, -0.15) is 4.98 Å². The van der Waals surface area contributed by atoms with Crippen molar-refractivity contribution in [3.8, 4) is 17.1 Å². The lowest BCUT2D eigenvalue weighted by Crippen LogP contribution is -2.53. The first-order chi connectivity index (χ1) is 24.2. The number of hydrogen-bond donors (Lipinski definition) is 1. The second kappa shape index (κ2) is 13.2. The van der Waals surface area contributed by atoms with Crippen LogP contribution in [0.4, 0.5) is 11.8 Å². The first-order valence-electron chi connectivity index (χ1n) is 17.7. The molecule has 2 saturated carbocycles. The Morgan fingerprint density at radius 2 is 1.73 bits per heavy atom. The van der Waals surface area contributed by atoms with Crippen LogP contribution in [0.25, 0.3) is 11.3 Å². The van der Waals surface area contributed by atoms with Crippen LogP contribution in [0.2, 0.25) is 0 Å². The lowest BCUT2D eigenvalue weighted by Gasteiger charge is -2.56. The topological polar surface area (TPSA) is 131 Å². The van der Waals surface area contributed by atoms with Gasteiger partial charge in [-0.25, -0.2) is 23.1 Å². The lowest BCUT2D eigenvalue weighted by atomic mass is 9.54. The Hall–Kier alpha value is -4.58. The summed E-state index contributed by atoms with van der Waals surface area (Å²) in [5, 5.41) is 0. The summed E-state index contributed by atoms with van der Waals surface area (Å²) in [7, 11) is -2.10. The standard InChI is InChI=1S/C39H47N7O4S/c1-25-10-7-11-26(2)35(25)32-17-34-43-37(42-32)44-51(48,49)31-13-8-12-27(16-31)36(47)46(30(24-50-34)18-38(3,4)5)23-28-21-40-22-33(41-28)45(6)29-19-39(20-29)14-9-15-39/h7-8,10-13,16-17,21-22,29-30H,9,14-15,18-20,23-24H2,1-6H3,(H,42,43,44)/t30-/m1/s1. The molecule has 0 saturated heterocycles. The molecule has 3 heterocycles. The van der Waals surface area contributed by atoms with Crippen molar-refractivity contribution in [1.82, 2.24) is 24.8 Å². The number of benzene rings is 2. The van der Waals surface area contributed by atoms with E-state index in [0.717, 1.165) is 22.5 Å². The van der Waals surface area contributed by atoms with E-state index in [4.69, 9.17) is 9.72 Å². The van der Waals surface area contributed by atoms with Gasteiger partial charge in [0.2, 0.25) is 11.8 Å². The average Bonchev–Trinajstić information content (AvgIpc) is 3.03. The predicted molar refractivity (Wildman–Crippen MR) is 197 cm³/mol. The second-order valence-corrected chi connectivity index (χ2v) is 17.6. The van der Waals surface area contributed by atoms with E-state index in [1.165, 1.54) is 44.2 Å². The fourth-order valence-corrected chi connectivity index (χ4v) is 8.84. The average molecular weight is 710 g/mol. The Balaban J connectivity index is 1.28. The minimum atomic E-state index is -4.18. The van der Waals surface area contributed by atoms with Crippen molar-refractivity contribution in [2.45, 2.75) is 96.7 Å². The molecule has 4 bridgehead atoms. The molecule has 2 fully saturated rings. The maximum absolute atomic E-state index is 14.6. The van der Waals surface area contributed by atoms with Gasteiger partial charge in [-0.1, -0.05) is 51.5 Å². The van der Waals surface area contributed by atoms with Crippen LogP contribution in [0.15, 0.2) is 65.8 Å². The van der Waals surface area contributed by atoms with E-state index in [-0.39, 0.29) is 46.8 Å². The highest BCUT2D eigenvalue weighted by molar-refractivity contribution is 7.92. The van der Waals surface area contributed by atoms with Crippen LogP contribution in [0.3, 0.4) is 0 Å². The summed E-state index contributed by atoms with van der Waals surface area (Å²) >= 11 is 0. The van der Waals surface area contributed by atoms with Crippen LogP contribution in [-0.2, 0) is 16.6 Å². The number of nitrogens with one attached hydrogen (secondary N) is 1. The Morgan fingerprint density at radius 1 is 1.00 bits per heavy atom. The zero-order valence-corrected chi connectivity index (χ0v) is 31.1. The van der Waals surface area contributed by atoms with Crippen molar-refractivity contribution in [2.75, 3.05) is 23.3 Å². The monoisotopic (exact) mass is 709 g/mol. The maximum atomic E-state index is 14.6. The quantitative estimate of drug-likeness (QED) is 0.226. The van der Waals surface area contributed by atoms with E-state index in [1.54, 1.807) is 35.5 Å². The van der Waals surface area contributed by atoms with Gasteiger partial charge in [0.15, 0.2) is 0 Å². The van der Waals surface area contributed by atoms with E-state index < -0.39 is 16.1 Å². The van der Waals surface area contributed by atoms with Gasteiger partial charge in [-0.05, 0) is 86.1 Å². The number of aryl methyl sites for hydroxylation is 2. The Kier molecular flexibility index (Phi) is 9.02. The van der Waals surface area contributed by atoms with Crippen molar-refractivity contribution in [3.63, 3.8) is 0 Å². The SMILES string of the molecule is Cc1cccc(C)c1-c1cc2nc(n1)NS(=O)(=O)c1cccc(c1)C(=O)N(Cc1cncc(N(C)C3CC4(CCC4)C3)n1)[C@H](CC(C)(C)C)CO2. The zero-order chi connectivity index (χ0) is 36.1. The summed E-state index contributed by atoms with van der Waals surface area (Å²) in [5.41, 5.74) is 4.57. The summed E-state index contributed by atoms with van der Waals surface area (Å²) in [4.78, 5) is 37.2. The van der Waals surface area contributed by atoms with Gasteiger partial charge in [0.1, 0.15) is 12.4 Å². The molecule has 2 aliphatic carbocycles. The number of aromatic nitrogens is 4. The molecular formula is C39H47N7O4S. The molecule has 0 radical (unpaired) electrons. The molecule has 2 aromatic carbocycles. The molecule has 51 heavy (non-hydrogen) atoms. The van der Waals surface area contributed by atoms with Crippen LogP contribution in [0, 0.1) is 24.7 Å². The highest BCUT2D eigenvalue weighted by Crippen LogP contribution is 2.57. The molecule has 1 spiro atoms. The van der Waals surface area contributed by atoms with Gasteiger partial charge < -0.3 is 14.5 Å². The van der Waals surface area contributed by atoms with E-state index in [2.05, 4.69) is 52.4 Å². The van der Waals surface area contributed by atoms with E-state index in [1.807, 2.05) is 32.0 Å². The summed E-state index contributed by atoms with van der Waals surface area (Å²) < 4.78 is 36.5. The third-order valence-corrected chi connectivity index (χ3v) is 12.0. The maximum Gasteiger partial charge on any atom is 0.264 e. The van der Waals surface area contributed by atoms with Gasteiger partial charge in [-0.15, -0.1) is 0 Å². The van der Waals surface area contributed by atoms with E-state index in [9.17, 15) is 13.2 Å². The van der Waals surface area contributed by atoms with Crippen LogP contribution in [0.5, 0.6) is 5.88 Å². The highest BCUT2D eigenvalue weighted by Gasteiger charge is 2.49. The van der Waals surface area contributed by atoms with Crippen LogP contribution in [0.1, 0.15) is 86.5 Å². The lowest BCUT2D eigenvalue weighted by molar-refractivity contribution is 0.0101.